The molecule has 4 heteroatoms. The highest BCUT2D eigenvalue weighted by Gasteiger charge is 2.17. The second-order valence-corrected chi connectivity index (χ2v) is 3.48. The standard InChI is InChI=1S/C3H4Cl3O/c1-7-2-3(4,5)6/h1-2H2. The molecule has 0 N–H and O–H groups in total. The summed E-state index contributed by atoms with van der Waals surface area (Å²) in [7, 11) is 3.02. The van der Waals surface area contributed by atoms with Gasteiger partial charge in [-0.3, -0.25) is 0 Å². The molecular weight excluding hydrogens is 158 g/mol. The van der Waals surface area contributed by atoms with Gasteiger partial charge in [-0.1, -0.05) is 34.8 Å². The van der Waals surface area contributed by atoms with Crippen LogP contribution >= 0.6 is 34.8 Å². The van der Waals surface area contributed by atoms with Crippen molar-refractivity contribution < 1.29 is 4.74 Å². The molecule has 0 aromatic heterocycles. The van der Waals surface area contributed by atoms with Crippen LogP contribution in [0.25, 0.3) is 0 Å². The van der Waals surface area contributed by atoms with Crippen molar-refractivity contribution >= 4 is 34.8 Å². The summed E-state index contributed by atoms with van der Waals surface area (Å²) in [5.41, 5.74) is 0. The predicted molar refractivity (Wildman–Crippen MR) is 31.6 cm³/mol. The van der Waals surface area contributed by atoms with Gasteiger partial charge in [0, 0.05) is 0 Å². The molecule has 0 aliphatic rings. The third-order valence-corrected chi connectivity index (χ3v) is 0.593. The van der Waals surface area contributed by atoms with E-state index in [1.807, 2.05) is 0 Å². The van der Waals surface area contributed by atoms with Crippen molar-refractivity contribution in [2.45, 2.75) is 3.79 Å². The fourth-order valence-corrected chi connectivity index (χ4v) is 0.347. The van der Waals surface area contributed by atoms with Crippen LogP contribution in [0.4, 0.5) is 0 Å². The summed E-state index contributed by atoms with van der Waals surface area (Å²) in [6.07, 6.45) is 0. The summed E-state index contributed by atoms with van der Waals surface area (Å²) in [5, 5.41) is 0. The Morgan fingerprint density at radius 2 is 1.86 bits per heavy atom. The van der Waals surface area contributed by atoms with Gasteiger partial charge in [-0.2, -0.15) is 0 Å². The monoisotopic (exact) mass is 161 g/mol. The summed E-state index contributed by atoms with van der Waals surface area (Å²) in [6.45, 7) is 0.0255. The minimum absolute atomic E-state index is 0.0255. The maximum atomic E-state index is 5.20. The molecule has 0 aromatic carbocycles. The first-order chi connectivity index (χ1) is 3.06. The quantitative estimate of drug-likeness (QED) is 0.537. The average molecular weight is 162 g/mol. The fraction of sp³-hybridized carbons (Fsp3) is 0.667. The lowest BCUT2D eigenvalue weighted by Crippen LogP contribution is -2.09. The topological polar surface area (TPSA) is 9.23 Å². The molecule has 0 saturated heterocycles. The van der Waals surface area contributed by atoms with Gasteiger partial charge in [0.2, 0.25) is 3.79 Å². The molecule has 0 spiro atoms. The van der Waals surface area contributed by atoms with E-state index in [1.165, 1.54) is 0 Å². The minimum atomic E-state index is -1.32. The molecule has 0 aliphatic carbocycles. The van der Waals surface area contributed by atoms with Gasteiger partial charge < -0.3 is 4.74 Å². The summed E-state index contributed by atoms with van der Waals surface area (Å²) < 4.78 is 2.94. The molecule has 0 aliphatic heterocycles. The van der Waals surface area contributed by atoms with E-state index in [4.69, 9.17) is 34.8 Å². The van der Waals surface area contributed by atoms with Crippen LogP contribution in [0, 0.1) is 7.11 Å². The normalized spacial score (nSPS) is 12.0. The van der Waals surface area contributed by atoms with E-state index in [0.717, 1.165) is 0 Å². The molecule has 7 heavy (non-hydrogen) atoms. The Kier molecular flexibility index (Phi) is 3.33. The summed E-state index contributed by atoms with van der Waals surface area (Å²) >= 11 is 15.6. The first-order valence-electron chi connectivity index (χ1n) is 1.50. The Morgan fingerprint density at radius 1 is 1.43 bits per heavy atom. The predicted octanol–water partition coefficient (Wildman–Crippen LogP) is 2.16. The number of alkyl halides is 3. The van der Waals surface area contributed by atoms with Gasteiger partial charge in [0.1, 0.15) is 0 Å². The fourth-order valence-electron chi connectivity index (χ4n) is 0.116. The molecule has 0 atom stereocenters. The molecule has 0 unspecified atom stereocenters. The van der Waals surface area contributed by atoms with E-state index in [1.54, 1.807) is 0 Å². The first-order valence-corrected chi connectivity index (χ1v) is 2.63. The molecule has 0 amide bonds. The van der Waals surface area contributed by atoms with E-state index in [0.29, 0.717) is 0 Å². The highest BCUT2D eigenvalue weighted by atomic mass is 35.6. The van der Waals surface area contributed by atoms with E-state index in [9.17, 15) is 0 Å². The SMILES string of the molecule is [CH2]OCC(Cl)(Cl)Cl. The highest BCUT2D eigenvalue weighted by Crippen LogP contribution is 2.25. The third kappa shape index (κ3) is 6.83. The van der Waals surface area contributed by atoms with Crippen molar-refractivity contribution in [2.75, 3.05) is 6.61 Å². The van der Waals surface area contributed by atoms with E-state index < -0.39 is 3.79 Å². The molecule has 0 fully saturated rings. The Labute approximate surface area is 57.5 Å². The lowest BCUT2D eigenvalue weighted by atomic mass is 10.8. The van der Waals surface area contributed by atoms with Gasteiger partial charge in [0.15, 0.2) is 0 Å². The zero-order valence-corrected chi connectivity index (χ0v) is 5.72. The van der Waals surface area contributed by atoms with Crippen LogP contribution in [0.2, 0.25) is 0 Å². The average Bonchev–Trinajstić information content (AvgIpc) is 1.30. The second kappa shape index (κ2) is 2.98. The maximum absolute atomic E-state index is 5.20. The third-order valence-electron chi connectivity index (χ3n) is 0.266. The number of rotatable bonds is 1. The Bertz CT molecular complexity index is 48.6. The van der Waals surface area contributed by atoms with E-state index >= 15 is 0 Å². The Balaban J connectivity index is 3.15. The van der Waals surface area contributed by atoms with Gasteiger partial charge in [0.25, 0.3) is 0 Å². The van der Waals surface area contributed by atoms with Gasteiger partial charge >= 0.3 is 0 Å². The summed E-state index contributed by atoms with van der Waals surface area (Å²) in [4.78, 5) is 0. The molecule has 1 nitrogen and oxygen atoms in total. The molecule has 0 heterocycles. The zero-order valence-electron chi connectivity index (χ0n) is 3.46. The first kappa shape index (κ1) is 7.83. The largest absolute Gasteiger partial charge is 0.375 e. The molecule has 0 aromatic rings. The van der Waals surface area contributed by atoms with Crippen LogP contribution in [-0.2, 0) is 4.74 Å². The smallest absolute Gasteiger partial charge is 0.213 e. The number of halogens is 3. The Hall–Kier alpha value is 0.830. The molecular formula is C3H4Cl3O. The van der Waals surface area contributed by atoms with E-state index in [2.05, 4.69) is 11.8 Å². The van der Waals surface area contributed by atoms with Gasteiger partial charge in [-0.15, -0.1) is 0 Å². The molecule has 0 bridgehead atoms. The number of hydrogen-bond acceptors (Lipinski definition) is 1. The van der Waals surface area contributed by atoms with Crippen LogP contribution in [0.1, 0.15) is 0 Å². The highest BCUT2D eigenvalue weighted by molar-refractivity contribution is 6.67. The van der Waals surface area contributed by atoms with E-state index in [-0.39, 0.29) is 6.61 Å². The molecule has 0 rings (SSSR count). The lowest BCUT2D eigenvalue weighted by Gasteiger charge is -2.06. The number of hydrogen-bond donors (Lipinski definition) is 0. The van der Waals surface area contributed by atoms with Crippen LogP contribution < -0.4 is 0 Å². The van der Waals surface area contributed by atoms with Gasteiger partial charge in [-0.25, -0.2) is 0 Å². The second-order valence-electron chi connectivity index (χ2n) is 0.964. The van der Waals surface area contributed by atoms with Crippen LogP contribution in [-0.4, -0.2) is 10.4 Å². The summed E-state index contributed by atoms with van der Waals surface area (Å²) in [6, 6.07) is 0. The van der Waals surface area contributed by atoms with Gasteiger partial charge in [0.05, 0.1) is 13.7 Å². The van der Waals surface area contributed by atoms with Crippen LogP contribution in [0.15, 0.2) is 0 Å². The lowest BCUT2D eigenvalue weighted by molar-refractivity contribution is 0.249. The molecule has 1 radical (unpaired) electrons. The summed E-state index contributed by atoms with van der Waals surface area (Å²) in [5.74, 6) is 0. The van der Waals surface area contributed by atoms with Crippen LogP contribution in [0.3, 0.4) is 0 Å². The van der Waals surface area contributed by atoms with Crippen molar-refractivity contribution in [1.29, 1.82) is 0 Å². The number of ether oxygens (including phenoxy) is 1. The van der Waals surface area contributed by atoms with Crippen molar-refractivity contribution in [3.63, 3.8) is 0 Å². The van der Waals surface area contributed by atoms with Gasteiger partial charge in [-0.05, 0) is 0 Å². The maximum Gasteiger partial charge on any atom is 0.213 e. The Morgan fingerprint density at radius 3 is 1.86 bits per heavy atom. The van der Waals surface area contributed by atoms with Crippen molar-refractivity contribution in [3.05, 3.63) is 7.11 Å². The molecule has 43 valence electrons. The van der Waals surface area contributed by atoms with Crippen molar-refractivity contribution in [3.8, 4) is 0 Å². The minimum Gasteiger partial charge on any atom is -0.375 e. The zero-order chi connectivity index (χ0) is 5.91. The van der Waals surface area contributed by atoms with Crippen molar-refractivity contribution in [1.82, 2.24) is 0 Å². The van der Waals surface area contributed by atoms with Crippen LogP contribution in [0.5, 0.6) is 0 Å². The molecule has 0 saturated carbocycles. The van der Waals surface area contributed by atoms with Crippen molar-refractivity contribution in [2.24, 2.45) is 0 Å².